The maximum Gasteiger partial charge on any atom is 0.326 e. The number of hydrogen-bond donors (Lipinski definition) is 2. The number of unbranched alkanes of at least 4 members (excludes halogenated alkanes) is 1. The number of benzene rings is 2. The van der Waals surface area contributed by atoms with E-state index in [-0.39, 0.29) is 18.4 Å². The van der Waals surface area contributed by atoms with Gasteiger partial charge in [0.15, 0.2) is 5.82 Å². The third-order valence-corrected chi connectivity index (χ3v) is 5.50. The number of carboxylic acids is 1. The quantitative estimate of drug-likeness (QED) is 0.479. The highest BCUT2D eigenvalue weighted by atomic mass is 16.4. The predicted molar refractivity (Wildman–Crippen MR) is 124 cm³/mol. The lowest BCUT2D eigenvalue weighted by molar-refractivity contribution is -0.153. The number of aliphatic carboxylic acids is 1. The number of nitrogens with zero attached hydrogens (tertiary/aromatic N) is 3. The molecule has 0 unspecified atom stereocenters. The van der Waals surface area contributed by atoms with Gasteiger partial charge >= 0.3 is 5.97 Å². The summed E-state index contributed by atoms with van der Waals surface area (Å²) in [6.45, 7) is 5.95. The van der Waals surface area contributed by atoms with E-state index in [1.54, 1.807) is 0 Å². The normalized spacial score (nSPS) is 12.0. The second-order valence-corrected chi connectivity index (χ2v) is 8.23. The fraction of sp³-hybridized carbons (Fsp3) is 0.360. The van der Waals surface area contributed by atoms with Crippen molar-refractivity contribution in [1.82, 2.24) is 20.1 Å². The van der Waals surface area contributed by atoms with E-state index < -0.39 is 12.0 Å². The van der Waals surface area contributed by atoms with Crippen LogP contribution in [0.15, 0.2) is 54.9 Å². The van der Waals surface area contributed by atoms with E-state index in [1.165, 1.54) is 11.2 Å². The zero-order valence-electron chi connectivity index (χ0n) is 18.8. The Morgan fingerprint density at radius 2 is 1.75 bits per heavy atom. The van der Waals surface area contributed by atoms with Crippen molar-refractivity contribution in [3.05, 3.63) is 60.4 Å². The number of hydrogen-bond acceptors (Lipinski definition) is 4. The molecule has 7 nitrogen and oxygen atoms in total. The third-order valence-electron chi connectivity index (χ3n) is 5.50. The molecule has 0 bridgehead atoms. The number of H-pyrrole nitrogens is 1. The highest BCUT2D eigenvalue weighted by Gasteiger charge is 2.32. The van der Waals surface area contributed by atoms with Gasteiger partial charge < -0.3 is 10.0 Å². The van der Waals surface area contributed by atoms with Crippen LogP contribution in [0.25, 0.3) is 22.5 Å². The number of carbonyl (C=O) groups excluding carboxylic acids is 1. The number of nitrogens with one attached hydrogen (secondary N) is 1. The highest BCUT2D eigenvalue weighted by molar-refractivity contribution is 5.84. The zero-order chi connectivity index (χ0) is 23.1. The van der Waals surface area contributed by atoms with E-state index in [9.17, 15) is 14.7 Å². The van der Waals surface area contributed by atoms with Gasteiger partial charge in [-0.2, -0.15) is 5.10 Å². The molecule has 0 radical (unpaired) electrons. The van der Waals surface area contributed by atoms with Gasteiger partial charge in [0.1, 0.15) is 12.4 Å². The van der Waals surface area contributed by atoms with Crippen LogP contribution in [0, 0.1) is 5.92 Å². The summed E-state index contributed by atoms with van der Waals surface area (Å²) in [6.07, 6.45) is 3.47. The van der Waals surface area contributed by atoms with Crippen molar-refractivity contribution in [3.8, 4) is 22.5 Å². The van der Waals surface area contributed by atoms with E-state index >= 15 is 0 Å². The minimum atomic E-state index is -0.970. The van der Waals surface area contributed by atoms with Crippen molar-refractivity contribution in [2.45, 2.75) is 52.6 Å². The molecule has 3 rings (SSSR count). The van der Waals surface area contributed by atoms with E-state index in [2.05, 4.69) is 15.2 Å². The number of rotatable bonds is 10. The molecule has 1 amide bonds. The van der Waals surface area contributed by atoms with Crippen LogP contribution < -0.4 is 0 Å². The van der Waals surface area contributed by atoms with Crippen molar-refractivity contribution in [1.29, 1.82) is 0 Å². The van der Waals surface area contributed by atoms with Crippen molar-refractivity contribution in [2.24, 2.45) is 5.92 Å². The molecule has 0 saturated heterocycles. The van der Waals surface area contributed by atoms with Gasteiger partial charge in [-0.05, 0) is 29.0 Å². The second-order valence-electron chi connectivity index (χ2n) is 8.23. The molecule has 0 aliphatic carbocycles. The Labute approximate surface area is 188 Å². The largest absolute Gasteiger partial charge is 0.480 e. The Balaban J connectivity index is 1.87. The lowest BCUT2D eigenvalue weighted by Gasteiger charge is -2.32. The van der Waals surface area contributed by atoms with Gasteiger partial charge in [-0.25, -0.2) is 9.78 Å². The molecule has 1 atom stereocenters. The summed E-state index contributed by atoms with van der Waals surface area (Å²) >= 11 is 0. The van der Waals surface area contributed by atoms with Gasteiger partial charge in [0.05, 0.1) is 0 Å². The fourth-order valence-electron chi connectivity index (χ4n) is 3.85. The van der Waals surface area contributed by atoms with Crippen LogP contribution in [0.5, 0.6) is 0 Å². The Morgan fingerprint density at radius 1 is 1.06 bits per heavy atom. The van der Waals surface area contributed by atoms with Crippen LogP contribution in [-0.2, 0) is 16.1 Å². The van der Waals surface area contributed by atoms with Crippen LogP contribution in [0.3, 0.4) is 0 Å². The molecule has 2 aromatic carbocycles. The summed E-state index contributed by atoms with van der Waals surface area (Å²) in [7, 11) is 0. The lowest BCUT2D eigenvalue weighted by atomic mass is 9.97. The number of carboxylic acid groups (broad SMARTS) is 1. The van der Waals surface area contributed by atoms with Gasteiger partial charge in [-0.15, -0.1) is 0 Å². The predicted octanol–water partition coefficient (Wildman–Crippen LogP) is 4.77. The zero-order valence-corrected chi connectivity index (χ0v) is 18.8. The Kier molecular flexibility index (Phi) is 7.76. The molecule has 1 aromatic heterocycles. The standard InChI is InChI=1S/C25H30N4O3/c1-4-5-10-22(30)29(23(17(2)3)25(31)32)15-18-11-13-19(14-12-18)20-8-6-7-9-21(20)24-26-16-27-28-24/h6-9,11-14,16-17,23H,4-5,10,15H2,1-3H3,(H,31,32)(H,26,27,28)/t23-/m0/s1. The van der Waals surface area contributed by atoms with Crippen LogP contribution in [-0.4, -0.2) is 43.1 Å². The molecule has 3 aromatic rings. The van der Waals surface area contributed by atoms with Crippen LogP contribution in [0.4, 0.5) is 0 Å². The molecular weight excluding hydrogens is 404 g/mol. The Bertz CT molecular complexity index is 1030. The lowest BCUT2D eigenvalue weighted by Crippen LogP contribution is -2.47. The first-order valence-corrected chi connectivity index (χ1v) is 11.0. The minimum Gasteiger partial charge on any atom is -0.480 e. The first-order chi connectivity index (χ1) is 15.4. The smallest absolute Gasteiger partial charge is 0.326 e. The first kappa shape index (κ1) is 23.2. The summed E-state index contributed by atoms with van der Waals surface area (Å²) in [5, 5.41) is 16.6. The molecule has 2 N–H and O–H groups in total. The Morgan fingerprint density at radius 3 is 2.31 bits per heavy atom. The third kappa shape index (κ3) is 5.41. The van der Waals surface area contributed by atoms with Crippen LogP contribution >= 0.6 is 0 Å². The fourth-order valence-corrected chi connectivity index (χ4v) is 3.85. The van der Waals surface area contributed by atoms with Crippen molar-refractivity contribution >= 4 is 11.9 Å². The topological polar surface area (TPSA) is 99.2 Å². The molecule has 7 heteroatoms. The van der Waals surface area contributed by atoms with Gasteiger partial charge in [-0.1, -0.05) is 75.7 Å². The molecule has 0 aliphatic rings. The van der Waals surface area contributed by atoms with E-state index in [0.717, 1.165) is 35.1 Å². The maximum atomic E-state index is 12.9. The molecule has 0 fully saturated rings. The molecule has 0 spiro atoms. The number of aromatic nitrogens is 3. The highest BCUT2D eigenvalue weighted by Crippen LogP contribution is 2.30. The van der Waals surface area contributed by atoms with Gasteiger partial charge in [0.25, 0.3) is 0 Å². The average molecular weight is 435 g/mol. The first-order valence-electron chi connectivity index (χ1n) is 11.0. The summed E-state index contributed by atoms with van der Waals surface area (Å²) < 4.78 is 0. The van der Waals surface area contributed by atoms with Gasteiger partial charge in [-0.3, -0.25) is 9.89 Å². The molecule has 32 heavy (non-hydrogen) atoms. The van der Waals surface area contributed by atoms with Gasteiger partial charge in [0.2, 0.25) is 5.91 Å². The number of amides is 1. The number of aromatic amines is 1. The van der Waals surface area contributed by atoms with Gasteiger partial charge in [0, 0.05) is 18.5 Å². The average Bonchev–Trinajstić information content (AvgIpc) is 3.32. The molecular formula is C25H30N4O3. The minimum absolute atomic E-state index is 0.118. The number of carbonyl (C=O) groups is 2. The monoisotopic (exact) mass is 434 g/mol. The van der Waals surface area contributed by atoms with Crippen LogP contribution in [0.1, 0.15) is 45.6 Å². The SMILES string of the molecule is CCCCC(=O)N(Cc1ccc(-c2ccccc2-c2ncn[nH]2)cc1)[C@H](C(=O)O)C(C)C. The summed E-state index contributed by atoms with van der Waals surface area (Å²) in [5.41, 5.74) is 3.85. The van der Waals surface area contributed by atoms with Crippen molar-refractivity contribution in [2.75, 3.05) is 0 Å². The summed E-state index contributed by atoms with van der Waals surface area (Å²) in [4.78, 5) is 30.6. The Hall–Kier alpha value is -3.48. The van der Waals surface area contributed by atoms with E-state index in [4.69, 9.17) is 0 Å². The molecule has 168 valence electrons. The molecule has 0 saturated carbocycles. The summed E-state index contributed by atoms with van der Waals surface area (Å²) in [5.74, 6) is -0.583. The van der Waals surface area contributed by atoms with E-state index in [0.29, 0.717) is 12.2 Å². The molecule has 1 heterocycles. The van der Waals surface area contributed by atoms with Crippen molar-refractivity contribution < 1.29 is 14.7 Å². The van der Waals surface area contributed by atoms with E-state index in [1.807, 2.05) is 69.3 Å². The second kappa shape index (κ2) is 10.7. The molecule has 0 aliphatic heterocycles. The van der Waals surface area contributed by atoms with Crippen LogP contribution in [0.2, 0.25) is 0 Å². The van der Waals surface area contributed by atoms with Crippen molar-refractivity contribution in [3.63, 3.8) is 0 Å². The summed E-state index contributed by atoms with van der Waals surface area (Å²) in [6, 6.07) is 15.0. The maximum absolute atomic E-state index is 12.9.